The summed E-state index contributed by atoms with van der Waals surface area (Å²) in [7, 11) is 0. The topological polar surface area (TPSA) is 71.5 Å². The van der Waals surface area contributed by atoms with E-state index >= 15 is 4.39 Å². The van der Waals surface area contributed by atoms with Gasteiger partial charge in [0.05, 0.1) is 22.5 Å². The molecule has 2 amide bonds. The molecule has 4 rings (SSSR count). The molecule has 2 aromatic carbocycles. The maximum absolute atomic E-state index is 15.8. The standard InChI is InChI=1S/C27H20BrF8N3O3/c1-26(33,27(34,35)36)15-9-17(28)22(19(10-15)42-25(31)32)38-23(40)16-3-2-4-18(21(16)30)39(12-13-5-6-13)24(41)14-7-8-20(29)37-11-14/h2-4,7-11,13,25H,5-6,12H2,1H3,(H,38,40). The summed E-state index contributed by atoms with van der Waals surface area (Å²) < 4.78 is 113. The van der Waals surface area contributed by atoms with Crippen molar-refractivity contribution in [1.82, 2.24) is 4.98 Å². The molecule has 1 fully saturated rings. The Morgan fingerprint density at radius 2 is 1.81 bits per heavy atom. The van der Waals surface area contributed by atoms with Gasteiger partial charge in [0.25, 0.3) is 11.8 Å². The minimum Gasteiger partial charge on any atom is -0.433 e. The van der Waals surface area contributed by atoms with Crippen LogP contribution in [0.15, 0.2) is 53.1 Å². The summed E-state index contributed by atoms with van der Waals surface area (Å²) in [6.45, 7) is -3.34. The fraction of sp³-hybridized carbons (Fsp3) is 0.296. The van der Waals surface area contributed by atoms with Crippen molar-refractivity contribution in [3.05, 3.63) is 81.6 Å². The first-order valence-corrected chi connectivity index (χ1v) is 13.0. The van der Waals surface area contributed by atoms with Crippen LogP contribution in [0.1, 0.15) is 46.0 Å². The van der Waals surface area contributed by atoms with E-state index in [-0.39, 0.29) is 30.6 Å². The largest absolute Gasteiger partial charge is 0.433 e. The third kappa shape index (κ3) is 6.66. The fourth-order valence-corrected chi connectivity index (χ4v) is 4.46. The number of hydrogen-bond donors (Lipinski definition) is 1. The Morgan fingerprint density at radius 1 is 1.12 bits per heavy atom. The number of aromatic nitrogens is 1. The molecule has 224 valence electrons. The number of amides is 2. The number of anilines is 2. The van der Waals surface area contributed by atoms with E-state index in [4.69, 9.17) is 0 Å². The molecule has 1 saturated carbocycles. The van der Waals surface area contributed by atoms with Crippen LogP contribution in [0.3, 0.4) is 0 Å². The summed E-state index contributed by atoms with van der Waals surface area (Å²) >= 11 is 2.84. The number of rotatable bonds is 9. The molecule has 1 aromatic heterocycles. The van der Waals surface area contributed by atoms with Gasteiger partial charge in [0.1, 0.15) is 0 Å². The number of halogens is 9. The van der Waals surface area contributed by atoms with Gasteiger partial charge in [-0.3, -0.25) is 9.59 Å². The molecule has 0 aliphatic heterocycles. The first-order valence-electron chi connectivity index (χ1n) is 12.2. The predicted octanol–water partition coefficient (Wildman–Crippen LogP) is 7.78. The molecule has 1 aliphatic carbocycles. The van der Waals surface area contributed by atoms with Crippen LogP contribution >= 0.6 is 15.9 Å². The van der Waals surface area contributed by atoms with Crippen LogP contribution in [0.25, 0.3) is 0 Å². The first kappa shape index (κ1) is 31.2. The number of pyridine rings is 1. The van der Waals surface area contributed by atoms with Gasteiger partial charge in [-0.05, 0) is 78.0 Å². The van der Waals surface area contributed by atoms with Crippen LogP contribution in [0, 0.1) is 17.7 Å². The molecule has 0 radical (unpaired) electrons. The lowest BCUT2D eigenvalue weighted by atomic mass is 9.96. The smallest absolute Gasteiger partial charge is 0.426 e. The number of benzene rings is 2. The second kappa shape index (κ2) is 11.9. The van der Waals surface area contributed by atoms with E-state index in [2.05, 4.69) is 31.0 Å². The normalized spacial score (nSPS) is 14.8. The van der Waals surface area contributed by atoms with Gasteiger partial charge in [-0.15, -0.1) is 0 Å². The summed E-state index contributed by atoms with van der Waals surface area (Å²) in [4.78, 5) is 30.8. The molecular weight excluding hydrogens is 646 g/mol. The highest BCUT2D eigenvalue weighted by molar-refractivity contribution is 9.10. The predicted molar refractivity (Wildman–Crippen MR) is 138 cm³/mol. The summed E-state index contributed by atoms with van der Waals surface area (Å²) in [5.74, 6) is -4.98. The molecule has 1 atom stereocenters. The van der Waals surface area contributed by atoms with Crippen LogP contribution in [0.5, 0.6) is 5.75 Å². The van der Waals surface area contributed by atoms with Crippen molar-refractivity contribution < 1.29 is 49.4 Å². The molecular formula is C27H20BrF8N3O3. The molecule has 0 spiro atoms. The van der Waals surface area contributed by atoms with Crippen LogP contribution in [-0.4, -0.2) is 36.1 Å². The zero-order valence-electron chi connectivity index (χ0n) is 21.4. The zero-order chi connectivity index (χ0) is 31.0. The van der Waals surface area contributed by atoms with Crippen LogP contribution in [0.4, 0.5) is 46.5 Å². The van der Waals surface area contributed by atoms with Crippen molar-refractivity contribution >= 4 is 39.1 Å². The number of carbonyl (C=O) groups is 2. The zero-order valence-corrected chi connectivity index (χ0v) is 23.0. The van der Waals surface area contributed by atoms with Gasteiger partial charge in [-0.2, -0.15) is 26.3 Å². The summed E-state index contributed by atoms with van der Waals surface area (Å²) in [5.41, 5.74) is -6.74. The van der Waals surface area contributed by atoms with Crippen molar-refractivity contribution in [3.63, 3.8) is 0 Å². The van der Waals surface area contributed by atoms with Crippen molar-refractivity contribution in [2.75, 3.05) is 16.8 Å². The number of alkyl halides is 6. The van der Waals surface area contributed by atoms with Crippen molar-refractivity contribution in [1.29, 1.82) is 0 Å². The lowest BCUT2D eigenvalue weighted by molar-refractivity contribution is -0.228. The van der Waals surface area contributed by atoms with E-state index in [9.17, 15) is 40.3 Å². The van der Waals surface area contributed by atoms with Gasteiger partial charge in [0, 0.05) is 22.8 Å². The maximum atomic E-state index is 15.8. The number of ether oxygens (including phenoxy) is 1. The van der Waals surface area contributed by atoms with Gasteiger partial charge in [-0.25, -0.2) is 13.8 Å². The highest BCUT2D eigenvalue weighted by Crippen LogP contribution is 2.46. The van der Waals surface area contributed by atoms with Gasteiger partial charge < -0.3 is 15.0 Å². The Balaban J connectivity index is 1.70. The van der Waals surface area contributed by atoms with Crippen molar-refractivity contribution in [3.8, 4) is 5.75 Å². The summed E-state index contributed by atoms with van der Waals surface area (Å²) in [5, 5.41) is 2.10. The Kier molecular flexibility index (Phi) is 8.81. The van der Waals surface area contributed by atoms with Crippen molar-refractivity contribution in [2.45, 2.75) is 38.2 Å². The molecule has 1 N–H and O–H groups in total. The van der Waals surface area contributed by atoms with E-state index in [1.165, 1.54) is 12.1 Å². The molecule has 0 saturated heterocycles. The lowest BCUT2D eigenvalue weighted by Gasteiger charge is -2.26. The highest BCUT2D eigenvalue weighted by Gasteiger charge is 2.54. The minimum absolute atomic E-state index is 0.0423. The second-order valence-corrected chi connectivity index (χ2v) is 10.4. The minimum atomic E-state index is -5.42. The number of hydrogen-bond acceptors (Lipinski definition) is 4. The van der Waals surface area contributed by atoms with Crippen LogP contribution < -0.4 is 15.0 Å². The molecule has 42 heavy (non-hydrogen) atoms. The average Bonchev–Trinajstić information content (AvgIpc) is 3.72. The lowest BCUT2D eigenvalue weighted by Crippen LogP contribution is -2.35. The van der Waals surface area contributed by atoms with E-state index in [1.54, 1.807) is 0 Å². The fourth-order valence-electron chi connectivity index (χ4n) is 3.92. The van der Waals surface area contributed by atoms with Gasteiger partial charge in [0.2, 0.25) is 11.6 Å². The maximum Gasteiger partial charge on any atom is 0.426 e. The molecule has 6 nitrogen and oxygen atoms in total. The second-order valence-electron chi connectivity index (χ2n) is 9.53. The molecule has 0 bridgehead atoms. The van der Waals surface area contributed by atoms with E-state index in [0.29, 0.717) is 12.1 Å². The quantitative estimate of drug-likeness (QED) is 0.187. The number of nitrogens with one attached hydrogen (secondary N) is 1. The molecule has 15 heteroatoms. The number of carbonyl (C=O) groups excluding carboxylic acids is 2. The SMILES string of the molecule is CC(F)(c1cc(Br)c(NC(=O)c2cccc(N(CC3CC3)C(=O)c3ccc(F)nc3)c2F)c(OC(F)F)c1)C(F)(F)F. The van der Waals surface area contributed by atoms with E-state index < -0.39 is 69.1 Å². The Morgan fingerprint density at radius 3 is 2.38 bits per heavy atom. The molecule has 1 unspecified atom stereocenters. The third-order valence-electron chi connectivity index (χ3n) is 6.45. The Labute approximate surface area is 241 Å². The van der Waals surface area contributed by atoms with Crippen LogP contribution in [0.2, 0.25) is 0 Å². The van der Waals surface area contributed by atoms with Gasteiger partial charge in [0.15, 0.2) is 11.6 Å². The monoisotopic (exact) mass is 665 g/mol. The first-order chi connectivity index (χ1) is 19.6. The average molecular weight is 666 g/mol. The Hall–Kier alpha value is -3.75. The molecule has 1 aliphatic rings. The summed E-state index contributed by atoms with van der Waals surface area (Å²) in [6, 6.07) is 6.55. The molecule has 3 aromatic rings. The Bertz CT molecular complexity index is 1500. The van der Waals surface area contributed by atoms with Gasteiger partial charge in [-0.1, -0.05) is 6.07 Å². The van der Waals surface area contributed by atoms with E-state index in [1.807, 2.05) is 0 Å². The highest BCUT2D eigenvalue weighted by atomic mass is 79.9. The van der Waals surface area contributed by atoms with Crippen LogP contribution in [-0.2, 0) is 5.67 Å². The van der Waals surface area contributed by atoms with Gasteiger partial charge >= 0.3 is 12.8 Å². The third-order valence-corrected chi connectivity index (χ3v) is 7.08. The van der Waals surface area contributed by atoms with Crippen molar-refractivity contribution in [2.24, 2.45) is 5.92 Å². The number of nitrogens with zero attached hydrogens (tertiary/aromatic N) is 2. The summed E-state index contributed by atoms with van der Waals surface area (Å²) in [6.07, 6.45) is -2.93. The van der Waals surface area contributed by atoms with E-state index in [0.717, 1.165) is 42.1 Å². The molecule has 1 heterocycles.